The summed E-state index contributed by atoms with van der Waals surface area (Å²) in [6, 6.07) is 7.31. The van der Waals surface area contributed by atoms with Crippen LogP contribution in [0.25, 0.3) is 0 Å². The zero-order valence-corrected chi connectivity index (χ0v) is 10.5. The Kier molecular flexibility index (Phi) is 5.52. The normalized spacial score (nSPS) is 11.1. The third kappa shape index (κ3) is 5.38. The Morgan fingerprint density at radius 2 is 2.06 bits per heavy atom. The number of hydrogen-bond donors (Lipinski definition) is 1. The van der Waals surface area contributed by atoms with Crippen molar-refractivity contribution in [1.29, 1.82) is 0 Å². The first-order valence-electron chi connectivity index (χ1n) is 5.00. The smallest absolute Gasteiger partial charge is 0.332 e. The van der Waals surface area contributed by atoms with Crippen molar-refractivity contribution in [3.63, 3.8) is 0 Å². The van der Waals surface area contributed by atoms with E-state index in [2.05, 4.69) is 10.2 Å². The molecule has 1 aromatic carbocycles. The highest BCUT2D eigenvalue weighted by Crippen LogP contribution is 2.09. The molecule has 5 heteroatoms. The fourth-order valence-electron chi connectivity index (χ4n) is 1.08. The first kappa shape index (κ1) is 13.5. The number of hydroxylamine groups is 1. The minimum absolute atomic E-state index is 0.378. The molecule has 0 spiro atoms. The lowest BCUT2D eigenvalue weighted by Crippen LogP contribution is -2.13. The van der Waals surface area contributed by atoms with Gasteiger partial charge in [0.05, 0.1) is 13.7 Å². The topological polar surface area (TPSA) is 47.6 Å². The van der Waals surface area contributed by atoms with E-state index in [0.29, 0.717) is 17.3 Å². The molecule has 0 unspecified atom stereocenters. The Balaban J connectivity index is 2.35. The van der Waals surface area contributed by atoms with Crippen LogP contribution in [0.3, 0.4) is 0 Å². The highest BCUT2D eigenvalue weighted by Gasteiger charge is 1.97. The number of esters is 1. The SMILES string of the molecule is COC(=O)C=C(C)NOCc1ccc(Cl)cc1. The quantitative estimate of drug-likeness (QED) is 0.499. The van der Waals surface area contributed by atoms with E-state index < -0.39 is 5.97 Å². The highest BCUT2D eigenvalue weighted by atomic mass is 35.5. The summed E-state index contributed by atoms with van der Waals surface area (Å²) < 4.78 is 4.47. The molecule has 17 heavy (non-hydrogen) atoms. The van der Waals surface area contributed by atoms with Gasteiger partial charge in [-0.1, -0.05) is 23.7 Å². The molecule has 0 fully saturated rings. The number of allylic oxidation sites excluding steroid dienone is 1. The molecule has 0 bridgehead atoms. The van der Waals surface area contributed by atoms with Gasteiger partial charge in [0.2, 0.25) is 0 Å². The Morgan fingerprint density at radius 3 is 2.65 bits per heavy atom. The van der Waals surface area contributed by atoms with Crippen LogP contribution in [0, 0.1) is 0 Å². The minimum Gasteiger partial charge on any atom is -0.466 e. The Morgan fingerprint density at radius 1 is 1.41 bits per heavy atom. The van der Waals surface area contributed by atoms with Gasteiger partial charge in [-0.3, -0.25) is 10.3 Å². The first-order chi connectivity index (χ1) is 8.11. The second kappa shape index (κ2) is 6.93. The molecule has 0 aliphatic heterocycles. The van der Waals surface area contributed by atoms with Crippen LogP contribution in [0.1, 0.15) is 12.5 Å². The number of carbonyl (C=O) groups excluding carboxylic acids is 1. The van der Waals surface area contributed by atoms with Gasteiger partial charge in [-0.2, -0.15) is 0 Å². The van der Waals surface area contributed by atoms with E-state index in [1.165, 1.54) is 13.2 Å². The molecule has 1 rings (SSSR count). The molecule has 0 amide bonds. The number of carbonyl (C=O) groups is 1. The summed E-state index contributed by atoms with van der Waals surface area (Å²) in [6.07, 6.45) is 1.31. The second-order valence-electron chi connectivity index (χ2n) is 3.37. The molecule has 0 aromatic heterocycles. The molecular formula is C12H14ClNO3. The van der Waals surface area contributed by atoms with E-state index in [0.717, 1.165) is 5.56 Å². The van der Waals surface area contributed by atoms with E-state index in [1.807, 2.05) is 12.1 Å². The standard InChI is InChI=1S/C12H14ClNO3/c1-9(7-12(15)16-2)14-17-8-10-3-5-11(13)6-4-10/h3-7,14H,8H2,1-2H3. The monoisotopic (exact) mass is 255 g/mol. The van der Waals surface area contributed by atoms with Crippen LogP contribution in [0.4, 0.5) is 0 Å². The van der Waals surface area contributed by atoms with Crippen molar-refractivity contribution in [2.75, 3.05) is 7.11 Å². The zero-order chi connectivity index (χ0) is 12.7. The zero-order valence-electron chi connectivity index (χ0n) is 9.70. The number of methoxy groups -OCH3 is 1. The van der Waals surface area contributed by atoms with Gasteiger partial charge >= 0.3 is 5.97 Å². The maximum absolute atomic E-state index is 10.9. The summed E-state index contributed by atoms with van der Waals surface area (Å²) in [5.74, 6) is -0.426. The van der Waals surface area contributed by atoms with Crippen LogP contribution in [-0.4, -0.2) is 13.1 Å². The highest BCUT2D eigenvalue weighted by molar-refractivity contribution is 6.30. The lowest BCUT2D eigenvalue weighted by molar-refractivity contribution is -0.135. The van der Waals surface area contributed by atoms with Gasteiger partial charge in [0, 0.05) is 16.8 Å². The van der Waals surface area contributed by atoms with Crippen LogP contribution in [0.2, 0.25) is 5.02 Å². The largest absolute Gasteiger partial charge is 0.466 e. The molecule has 0 aliphatic carbocycles. The van der Waals surface area contributed by atoms with E-state index in [9.17, 15) is 4.79 Å². The molecule has 0 heterocycles. The molecule has 0 atom stereocenters. The van der Waals surface area contributed by atoms with Gasteiger partial charge in [0.1, 0.15) is 0 Å². The first-order valence-corrected chi connectivity index (χ1v) is 5.38. The molecular weight excluding hydrogens is 242 g/mol. The Labute approximate surface area is 105 Å². The fourth-order valence-corrected chi connectivity index (χ4v) is 1.21. The Bertz CT molecular complexity index is 401. The number of halogens is 1. The number of benzene rings is 1. The number of nitrogens with one attached hydrogen (secondary N) is 1. The average Bonchev–Trinajstić information content (AvgIpc) is 2.31. The number of hydrogen-bond acceptors (Lipinski definition) is 4. The van der Waals surface area contributed by atoms with Gasteiger partial charge in [0.15, 0.2) is 0 Å². The summed E-state index contributed by atoms with van der Waals surface area (Å²) in [6.45, 7) is 2.09. The second-order valence-corrected chi connectivity index (χ2v) is 3.80. The summed E-state index contributed by atoms with van der Waals surface area (Å²) in [5.41, 5.74) is 4.19. The van der Waals surface area contributed by atoms with Crippen molar-refractivity contribution >= 4 is 17.6 Å². The maximum Gasteiger partial charge on any atom is 0.332 e. The van der Waals surface area contributed by atoms with Gasteiger partial charge in [-0.25, -0.2) is 4.79 Å². The van der Waals surface area contributed by atoms with Crippen LogP contribution < -0.4 is 5.48 Å². The Hall–Kier alpha value is -1.52. The van der Waals surface area contributed by atoms with E-state index in [1.54, 1.807) is 19.1 Å². The predicted molar refractivity (Wildman–Crippen MR) is 65.1 cm³/mol. The minimum atomic E-state index is -0.426. The van der Waals surface area contributed by atoms with Gasteiger partial charge < -0.3 is 4.74 Å². The van der Waals surface area contributed by atoms with Crippen LogP contribution >= 0.6 is 11.6 Å². The number of ether oxygens (including phenoxy) is 1. The van der Waals surface area contributed by atoms with E-state index in [4.69, 9.17) is 16.4 Å². The molecule has 0 radical (unpaired) electrons. The lowest BCUT2D eigenvalue weighted by atomic mass is 10.2. The maximum atomic E-state index is 10.9. The molecule has 1 N–H and O–H groups in total. The summed E-state index contributed by atoms with van der Waals surface area (Å²) in [5, 5.41) is 0.684. The van der Waals surface area contributed by atoms with Crippen molar-refractivity contribution in [3.05, 3.63) is 46.6 Å². The number of rotatable bonds is 5. The summed E-state index contributed by atoms with van der Waals surface area (Å²) in [4.78, 5) is 16.1. The van der Waals surface area contributed by atoms with Gasteiger partial charge in [-0.15, -0.1) is 0 Å². The van der Waals surface area contributed by atoms with Gasteiger partial charge in [0.25, 0.3) is 0 Å². The molecule has 0 aliphatic rings. The predicted octanol–water partition coefficient (Wildman–Crippen LogP) is 2.44. The summed E-state index contributed by atoms with van der Waals surface area (Å²) in [7, 11) is 1.32. The van der Waals surface area contributed by atoms with Crippen LogP contribution in [-0.2, 0) is 21.0 Å². The average molecular weight is 256 g/mol. The van der Waals surface area contributed by atoms with Crippen molar-refractivity contribution < 1.29 is 14.4 Å². The third-order valence-electron chi connectivity index (χ3n) is 1.92. The molecule has 0 saturated carbocycles. The van der Waals surface area contributed by atoms with Crippen molar-refractivity contribution in [1.82, 2.24) is 5.48 Å². The van der Waals surface area contributed by atoms with Crippen molar-refractivity contribution in [2.24, 2.45) is 0 Å². The summed E-state index contributed by atoms with van der Waals surface area (Å²) >= 11 is 5.75. The third-order valence-corrected chi connectivity index (χ3v) is 2.17. The van der Waals surface area contributed by atoms with Crippen LogP contribution in [0.5, 0.6) is 0 Å². The van der Waals surface area contributed by atoms with Crippen molar-refractivity contribution in [2.45, 2.75) is 13.5 Å². The van der Waals surface area contributed by atoms with E-state index in [-0.39, 0.29) is 0 Å². The van der Waals surface area contributed by atoms with Crippen LogP contribution in [0.15, 0.2) is 36.0 Å². The van der Waals surface area contributed by atoms with E-state index >= 15 is 0 Å². The molecule has 4 nitrogen and oxygen atoms in total. The van der Waals surface area contributed by atoms with Crippen molar-refractivity contribution in [3.8, 4) is 0 Å². The lowest BCUT2D eigenvalue weighted by Gasteiger charge is -2.07. The molecule has 0 saturated heterocycles. The fraction of sp³-hybridized carbons (Fsp3) is 0.250. The molecule has 92 valence electrons. The molecule has 1 aromatic rings. The van der Waals surface area contributed by atoms with Gasteiger partial charge in [-0.05, 0) is 24.6 Å².